The maximum absolute atomic E-state index is 13.2. The minimum atomic E-state index is -3.29. The van der Waals surface area contributed by atoms with Crippen molar-refractivity contribution < 1.29 is 27.6 Å². The first-order valence-corrected chi connectivity index (χ1v) is 21.3. The summed E-state index contributed by atoms with van der Waals surface area (Å²) in [6.07, 6.45) is 15.6. The number of hydroxylamine groups is 1. The van der Waals surface area contributed by atoms with Crippen molar-refractivity contribution in [2.24, 2.45) is 11.7 Å². The van der Waals surface area contributed by atoms with Crippen LogP contribution < -0.4 is 10.8 Å². The average Bonchev–Trinajstić information content (AvgIpc) is 3.93. The van der Waals surface area contributed by atoms with Gasteiger partial charge >= 0.3 is 0 Å². The number of fused-ring (bicyclic) bond motifs is 5. The lowest BCUT2D eigenvalue weighted by Crippen LogP contribution is -2.38. The van der Waals surface area contributed by atoms with Crippen molar-refractivity contribution in [3.05, 3.63) is 124 Å². The molecule has 0 spiro atoms. The van der Waals surface area contributed by atoms with E-state index in [1.807, 2.05) is 23.5 Å². The third-order valence-electron chi connectivity index (χ3n) is 10.7. The number of aryl methyl sites for hydroxylation is 1. The molecular formula is C44H44N2O6S2. The molecule has 2 amide bonds. The van der Waals surface area contributed by atoms with Gasteiger partial charge in [-0.25, -0.2) is 13.3 Å². The van der Waals surface area contributed by atoms with Crippen LogP contribution in [0.5, 0.6) is 0 Å². The number of hydrogen-bond acceptors (Lipinski definition) is 7. The molecule has 1 saturated heterocycles. The normalized spacial score (nSPS) is 20.7. The zero-order valence-electron chi connectivity index (χ0n) is 30.1. The molecule has 2 aliphatic heterocycles. The maximum Gasteiger partial charge on any atom is 0.254 e. The summed E-state index contributed by atoms with van der Waals surface area (Å²) in [6, 6.07) is 26.3. The predicted molar refractivity (Wildman–Crippen MR) is 215 cm³/mol. The van der Waals surface area contributed by atoms with Crippen molar-refractivity contribution in [2.45, 2.75) is 75.7 Å². The zero-order valence-corrected chi connectivity index (χ0v) is 31.7. The summed E-state index contributed by atoms with van der Waals surface area (Å²) in [5, 5.41) is 1.83. The number of allylic oxidation sites excluding steroid dienone is 3. The molecule has 278 valence electrons. The largest absolute Gasteiger partial charge is 0.370 e. The van der Waals surface area contributed by atoms with E-state index in [0.29, 0.717) is 6.61 Å². The van der Waals surface area contributed by atoms with Gasteiger partial charge in [-0.1, -0.05) is 72.8 Å². The number of carbonyl (C=O) groups excluding carboxylic acids is 2. The second kappa shape index (κ2) is 15.6. The highest BCUT2D eigenvalue weighted by atomic mass is 32.2. The molecule has 9 rings (SSSR count). The number of thiophene rings is 1. The molecule has 10 heteroatoms. The van der Waals surface area contributed by atoms with Crippen LogP contribution in [0.3, 0.4) is 0 Å². The van der Waals surface area contributed by atoms with Gasteiger partial charge in [0.2, 0.25) is 5.91 Å². The Morgan fingerprint density at radius 3 is 2.48 bits per heavy atom. The molecule has 2 atom stereocenters. The van der Waals surface area contributed by atoms with Crippen LogP contribution in [0.2, 0.25) is 0 Å². The van der Waals surface area contributed by atoms with E-state index in [1.54, 1.807) is 11.6 Å². The van der Waals surface area contributed by atoms with Gasteiger partial charge in [-0.05, 0) is 120 Å². The predicted octanol–water partition coefficient (Wildman–Crippen LogP) is 8.60. The smallest absolute Gasteiger partial charge is 0.254 e. The van der Waals surface area contributed by atoms with Crippen LogP contribution in [0, 0.1) is 5.92 Å². The topological polar surface area (TPSA) is 116 Å². The summed E-state index contributed by atoms with van der Waals surface area (Å²) in [7, 11) is -3.29. The van der Waals surface area contributed by atoms with Crippen LogP contribution in [0.25, 0.3) is 33.2 Å². The molecule has 1 aromatic heterocycles. The van der Waals surface area contributed by atoms with E-state index in [2.05, 4.69) is 66.7 Å². The Hall–Kier alpha value is -4.61. The number of carbonyl (C=O) groups is 2. The molecule has 5 aliphatic rings. The van der Waals surface area contributed by atoms with Gasteiger partial charge in [-0.15, -0.1) is 11.3 Å². The summed E-state index contributed by atoms with van der Waals surface area (Å²) >= 11 is 1.83. The summed E-state index contributed by atoms with van der Waals surface area (Å²) < 4.78 is 28.2. The second-order valence-electron chi connectivity index (χ2n) is 14.5. The van der Waals surface area contributed by atoms with Crippen LogP contribution in [-0.4, -0.2) is 38.4 Å². The Morgan fingerprint density at radius 2 is 1.69 bits per heavy atom. The number of primary amides is 1. The number of nitrogens with zero attached hydrogens (tertiary/aromatic N) is 1. The Balaban J connectivity index is 0.000000296. The molecular weight excluding hydrogens is 717 g/mol. The van der Waals surface area contributed by atoms with Crippen LogP contribution in [0.15, 0.2) is 96.4 Å². The summed E-state index contributed by atoms with van der Waals surface area (Å²) in [4.78, 5) is 32.4. The van der Waals surface area contributed by atoms with E-state index in [1.165, 1.54) is 60.4 Å². The number of benzene rings is 3. The van der Waals surface area contributed by atoms with Gasteiger partial charge in [0, 0.05) is 40.5 Å². The van der Waals surface area contributed by atoms with Crippen molar-refractivity contribution in [3.63, 3.8) is 0 Å². The maximum atomic E-state index is 13.2. The Kier molecular flexibility index (Phi) is 10.5. The highest BCUT2D eigenvalue weighted by Crippen LogP contribution is 2.43. The number of anilines is 1. The molecule has 3 aliphatic carbocycles. The number of ether oxygens (including phenoxy) is 1. The quantitative estimate of drug-likeness (QED) is 0.180. The first-order valence-electron chi connectivity index (χ1n) is 18.9. The van der Waals surface area contributed by atoms with Crippen molar-refractivity contribution in [2.75, 3.05) is 11.7 Å². The van der Waals surface area contributed by atoms with Gasteiger partial charge in [0.05, 0.1) is 10.9 Å². The standard InChI is InChI=1S/C37H35NO3S.C7H9NO3S/c39-37(25-11-12-25)38(41-36-10-3-4-21-40-36)29-8-5-7-27(23-29)34-19-20-35(42-34)28-15-16-31-26(22-28)14-18-32-30-9-2-1-6-24(30)13-17-33(31)32;8-7(9)5-6-3-1-2-4-12(6,10)11/h1-2,5-9,14,18-20,22-23,25,36H,3-4,10-13,15-17,21H2;1-4,6H,5H2,(H2,8,9). The van der Waals surface area contributed by atoms with Gasteiger partial charge < -0.3 is 10.5 Å². The lowest BCUT2D eigenvalue weighted by Gasteiger charge is -2.29. The number of sulfone groups is 1. The van der Waals surface area contributed by atoms with E-state index in [0.717, 1.165) is 74.4 Å². The summed E-state index contributed by atoms with van der Waals surface area (Å²) in [5.74, 6) is -0.500. The van der Waals surface area contributed by atoms with Crippen LogP contribution in [0.1, 0.15) is 72.1 Å². The second-order valence-corrected chi connectivity index (χ2v) is 17.7. The first-order chi connectivity index (χ1) is 26.2. The zero-order chi connectivity index (χ0) is 37.2. The van der Waals surface area contributed by atoms with Gasteiger partial charge in [0.25, 0.3) is 5.91 Å². The average molecular weight is 761 g/mol. The molecule has 54 heavy (non-hydrogen) atoms. The Bertz CT molecular complexity index is 2280. The molecule has 0 radical (unpaired) electrons. The van der Waals surface area contributed by atoms with E-state index >= 15 is 0 Å². The molecule has 2 fully saturated rings. The third-order valence-corrected chi connectivity index (χ3v) is 13.6. The number of amides is 2. The van der Waals surface area contributed by atoms with Crippen molar-refractivity contribution in [3.8, 4) is 21.6 Å². The molecule has 8 nitrogen and oxygen atoms in total. The van der Waals surface area contributed by atoms with Gasteiger partial charge in [0.15, 0.2) is 16.1 Å². The fraction of sp³-hybridized carbons (Fsp3) is 0.318. The molecule has 4 aromatic rings. The third kappa shape index (κ3) is 7.93. The minimum Gasteiger partial charge on any atom is -0.370 e. The summed E-state index contributed by atoms with van der Waals surface area (Å²) in [5.41, 5.74) is 17.0. The Morgan fingerprint density at radius 1 is 0.852 bits per heavy atom. The molecule has 3 heterocycles. The number of rotatable bonds is 8. The van der Waals surface area contributed by atoms with E-state index in [4.69, 9.17) is 15.3 Å². The summed E-state index contributed by atoms with van der Waals surface area (Å²) in [6.45, 7) is 0.685. The van der Waals surface area contributed by atoms with E-state index in [-0.39, 0.29) is 24.5 Å². The van der Waals surface area contributed by atoms with Gasteiger partial charge in [-0.3, -0.25) is 9.59 Å². The number of nitrogens with two attached hydrogens (primary N) is 1. The molecule has 0 bridgehead atoms. The SMILES string of the molecule is NC(=O)CC1C=CC=CS1(=O)=O.O=C(C1CC1)N(OC1CCCCO1)c1cccc(-c2ccc(C3=Cc4ccc5c(c4CC3)CCc3ccccc3-5)s2)c1. The lowest BCUT2D eigenvalue weighted by atomic mass is 9.78. The highest BCUT2D eigenvalue weighted by molar-refractivity contribution is 7.95. The molecule has 1 saturated carbocycles. The van der Waals surface area contributed by atoms with Crippen LogP contribution in [0.4, 0.5) is 5.69 Å². The van der Waals surface area contributed by atoms with Crippen molar-refractivity contribution >= 4 is 50.3 Å². The number of hydrogen-bond donors (Lipinski definition) is 1. The van der Waals surface area contributed by atoms with Gasteiger partial charge in [0.1, 0.15) is 0 Å². The van der Waals surface area contributed by atoms with E-state index in [9.17, 15) is 18.0 Å². The highest BCUT2D eigenvalue weighted by Gasteiger charge is 2.36. The van der Waals surface area contributed by atoms with Crippen LogP contribution in [-0.2, 0) is 48.3 Å². The van der Waals surface area contributed by atoms with Crippen LogP contribution >= 0.6 is 11.3 Å². The molecule has 2 unspecified atom stereocenters. The molecule has 2 N–H and O–H groups in total. The first kappa shape index (κ1) is 36.4. The fourth-order valence-electron chi connectivity index (χ4n) is 7.69. The minimum absolute atomic E-state index is 0.0462. The van der Waals surface area contributed by atoms with Gasteiger partial charge in [-0.2, -0.15) is 5.06 Å². The Labute approximate surface area is 320 Å². The fourth-order valence-corrected chi connectivity index (χ4v) is 9.95. The van der Waals surface area contributed by atoms with E-state index < -0.39 is 21.0 Å². The monoisotopic (exact) mass is 760 g/mol. The van der Waals surface area contributed by atoms with Crippen molar-refractivity contribution in [1.82, 2.24) is 0 Å². The van der Waals surface area contributed by atoms with Crippen molar-refractivity contribution in [1.29, 1.82) is 0 Å². The lowest BCUT2D eigenvalue weighted by molar-refractivity contribution is -0.178. The molecule has 3 aromatic carbocycles.